The van der Waals surface area contributed by atoms with Crippen LogP contribution in [0.25, 0.3) is 0 Å². The van der Waals surface area contributed by atoms with Gasteiger partial charge in [0.25, 0.3) is 5.91 Å². The monoisotopic (exact) mass is 347 g/mol. The number of likely N-dealkylation sites (tertiary alicyclic amines) is 1. The van der Waals surface area contributed by atoms with Gasteiger partial charge in [-0.15, -0.1) is 0 Å². The second-order valence-electron chi connectivity index (χ2n) is 4.81. The summed E-state index contributed by atoms with van der Waals surface area (Å²) < 4.78 is 6.32. The van der Waals surface area contributed by atoms with Crippen molar-refractivity contribution in [2.24, 2.45) is 0 Å². The summed E-state index contributed by atoms with van der Waals surface area (Å²) in [6.45, 7) is 1.70. The molecule has 0 N–H and O–H groups in total. The fraction of sp³-hybridized carbons (Fsp3) is 0.267. The van der Waals surface area contributed by atoms with Gasteiger partial charge in [-0.2, -0.15) is 0 Å². The van der Waals surface area contributed by atoms with Crippen molar-refractivity contribution in [3.8, 4) is 11.8 Å². The molecule has 0 unspecified atom stereocenters. The van der Waals surface area contributed by atoms with Crippen LogP contribution in [0.15, 0.2) is 41.1 Å². The molecule has 21 heavy (non-hydrogen) atoms. The average Bonchev–Trinajstić information content (AvgIpc) is 3.04. The zero-order valence-corrected chi connectivity index (χ0v) is 12.9. The first-order chi connectivity index (χ1) is 10.2. The van der Waals surface area contributed by atoms with Gasteiger partial charge in [0, 0.05) is 31.0 Å². The quantitative estimate of drug-likeness (QED) is 0.854. The van der Waals surface area contributed by atoms with Crippen LogP contribution in [0.1, 0.15) is 23.2 Å². The number of benzene rings is 1. The van der Waals surface area contributed by atoms with E-state index in [2.05, 4.69) is 25.9 Å². The number of carbonyl (C=O) groups is 1. The third kappa shape index (κ3) is 3.39. The zero-order chi connectivity index (χ0) is 14.7. The van der Waals surface area contributed by atoms with E-state index in [1.165, 1.54) is 0 Å². The first-order valence-corrected chi connectivity index (χ1v) is 7.56. The molecule has 0 bridgehead atoms. The number of nitrogens with zero attached hydrogens (tertiary/aromatic N) is 3. The molecule has 2 heterocycles. The SMILES string of the molecule is O=C(c1ccc(Oc2ncc(Br)cn2)cc1)N1CCCC1. The van der Waals surface area contributed by atoms with Gasteiger partial charge in [0.1, 0.15) is 5.75 Å². The third-order valence-electron chi connectivity index (χ3n) is 3.30. The Kier molecular flexibility index (Phi) is 4.15. The van der Waals surface area contributed by atoms with Crippen LogP contribution < -0.4 is 4.74 Å². The Labute approximate surface area is 131 Å². The van der Waals surface area contributed by atoms with Crippen LogP contribution in [0.5, 0.6) is 11.8 Å². The maximum Gasteiger partial charge on any atom is 0.321 e. The van der Waals surface area contributed by atoms with Gasteiger partial charge in [-0.05, 0) is 53.0 Å². The Morgan fingerprint density at radius 2 is 1.71 bits per heavy atom. The summed E-state index contributed by atoms with van der Waals surface area (Å²) in [6, 6.07) is 7.34. The maximum absolute atomic E-state index is 12.2. The van der Waals surface area contributed by atoms with Crippen LogP contribution in [0, 0.1) is 0 Å². The van der Waals surface area contributed by atoms with Crippen LogP contribution in [-0.2, 0) is 0 Å². The van der Waals surface area contributed by atoms with Gasteiger partial charge in [-0.1, -0.05) is 0 Å². The van der Waals surface area contributed by atoms with E-state index in [1.54, 1.807) is 36.7 Å². The molecule has 1 aromatic heterocycles. The molecule has 3 rings (SSSR count). The second kappa shape index (κ2) is 6.22. The van der Waals surface area contributed by atoms with Gasteiger partial charge in [0.05, 0.1) is 4.47 Å². The topological polar surface area (TPSA) is 55.3 Å². The first-order valence-electron chi connectivity index (χ1n) is 6.77. The van der Waals surface area contributed by atoms with Crippen molar-refractivity contribution in [2.45, 2.75) is 12.8 Å². The lowest BCUT2D eigenvalue weighted by Gasteiger charge is -2.15. The van der Waals surface area contributed by atoms with Gasteiger partial charge in [0.15, 0.2) is 0 Å². The molecule has 1 saturated heterocycles. The minimum atomic E-state index is 0.0824. The summed E-state index contributed by atoms with van der Waals surface area (Å²) in [4.78, 5) is 22.2. The highest BCUT2D eigenvalue weighted by Crippen LogP contribution is 2.20. The van der Waals surface area contributed by atoms with Gasteiger partial charge >= 0.3 is 6.01 Å². The van der Waals surface area contributed by atoms with Crippen molar-refractivity contribution >= 4 is 21.8 Å². The average molecular weight is 348 g/mol. The number of carbonyl (C=O) groups excluding carboxylic acids is 1. The molecular formula is C15H14BrN3O2. The summed E-state index contributed by atoms with van der Waals surface area (Å²) in [5.41, 5.74) is 0.681. The van der Waals surface area contributed by atoms with Crippen molar-refractivity contribution in [3.05, 3.63) is 46.7 Å². The molecule has 5 nitrogen and oxygen atoms in total. The molecule has 0 aliphatic carbocycles. The smallest absolute Gasteiger partial charge is 0.321 e. The molecule has 0 atom stereocenters. The summed E-state index contributed by atoms with van der Waals surface area (Å²) in [7, 11) is 0. The van der Waals surface area contributed by atoms with E-state index in [0.29, 0.717) is 11.3 Å². The first kappa shape index (κ1) is 14.0. The van der Waals surface area contributed by atoms with Crippen molar-refractivity contribution in [1.29, 1.82) is 0 Å². The molecule has 108 valence electrons. The van der Waals surface area contributed by atoms with E-state index >= 15 is 0 Å². The van der Waals surface area contributed by atoms with Gasteiger partial charge in [0.2, 0.25) is 0 Å². The van der Waals surface area contributed by atoms with Crippen molar-refractivity contribution < 1.29 is 9.53 Å². The zero-order valence-electron chi connectivity index (χ0n) is 11.3. The Bertz CT molecular complexity index is 622. The Balaban J connectivity index is 1.68. The van der Waals surface area contributed by atoms with Crippen LogP contribution in [0.2, 0.25) is 0 Å². The predicted molar refractivity (Wildman–Crippen MR) is 81.4 cm³/mol. The molecule has 1 fully saturated rings. The molecule has 1 amide bonds. The van der Waals surface area contributed by atoms with E-state index in [9.17, 15) is 4.79 Å². The van der Waals surface area contributed by atoms with E-state index in [-0.39, 0.29) is 11.9 Å². The highest BCUT2D eigenvalue weighted by atomic mass is 79.9. The number of halogens is 1. The van der Waals surface area contributed by atoms with Crippen molar-refractivity contribution in [1.82, 2.24) is 14.9 Å². The summed E-state index contributed by atoms with van der Waals surface area (Å²) in [5, 5.41) is 0. The van der Waals surface area contributed by atoms with Crippen LogP contribution in [0.3, 0.4) is 0 Å². The molecule has 2 aromatic rings. The minimum Gasteiger partial charge on any atom is -0.424 e. The lowest BCUT2D eigenvalue weighted by atomic mass is 10.2. The largest absolute Gasteiger partial charge is 0.424 e. The Hall–Kier alpha value is -1.95. The molecule has 6 heteroatoms. The summed E-state index contributed by atoms with van der Waals surface area (Å²) >= 11 is 3.27. The highest BCUT2D eigenvalue weighted by Gasteiger charge is 2.19. The summed E-state index contributed by atoms with van der Waals surface area (Å²) in [6.07, 6.45) is 5.42. The summed E-state index contributed by atoms with van der Waals surface area (Å²) in [5.74, 6) is 0.689. The normalized spacial score (nSPS) is 14.2. The van der Waals surface area contributed by atoms with Crippen LogP contribution in [-0.4, -0.2) is 33.9 Å². The fourth-order valence-corrected chi connectivity index (χ4v) is 2.43. The number of hydrogen-bond donors (Lipinski definition) is 0. The lowest BCUT2D eigenvalue weighted by molar-refractivity contribution is 0.0793. The molecule has 0 spiro atoms. The number of amides is 1. The number of ether oxygens (including phenoxy) is 1. The molecule has 1 aliphatic heterocycles. The third-order valence-corrected chi connectivity index (χ3v) is 3.71. The number of aromatic nitrogens is 2. The molecule has 0 saturated carbocycles. The van der Waals surface area contributed by atoms with Gasteiger partial charge in [-0.3, -0.25) is 4.79 Å². The van der Waals surface area contributed by atoms with E-state index in [0.717, 1.165) is 30.4 Å². The fourth-order valence-electron chi connectivity index (χ4n) is 2.23. The maximum atomic E-state index is 12.2. The predicted octanol–water partition coefficient (Wildman–Crippen LogP) is 3.27. The van der Waals surface area contributed by atoms with Crippen LogP contribution in [0.4, 0.5) is 0 Å². The Morgan fingerprint density at radius 3 is 2.33 bits per heavy atom. The standard InChI is InChI=1S/C15H14BrN3O2/c16-12-9-17-15(18-10-12)21-13-5-3-11(4-6-13)14(20)19-7-1-2-8-19/h3-6,9-10H,1-2,7-8H2. The molecular weight excluding hydrogens is 334 g/mol. The van der Waals surface area contributed by atoms with E-state index in [4.69, 9.17) is 4.74 Å². The van der Waals surface area contributed by atoms with Crippen molar-refractivity contribution in [2.75, 3.05) is 13.1 Å². The van der Waals surface area contributed by atoms with E-state index < -0.39 is 0 Å². The van der Waals surface area contributed by atoms with Gasteiger partial charge in [-0.25, -0.2) is 9.97 Å². The Morgan fingerprint density at radius 1 is 1.10 bits per heavy atom. The lowest BCUT2D eigenvalue weighted by Crippen LogP contribution is -2.27. The van der Waals surface area contributed by atoms with Crippen molar-refractivity contribution in [3.63, 3.8) is 0 Å². The minimum absolute atomic E-state index is 0.0824. The molecule has 1 aliphatic rings. The van der Waals surface area contributed by atoms with Gasteiger partial charge < -0.3 is 9.64 Å². The highest BCUT2D eigenvalue weighted by molar-refractivity contribution is 9.10. The molecule has 0 radical (unpaired) electrons. The number of hydrogen-bond acceptors (Lipinski definition) is 4. The van der Waals surface area contributed by atoms with Crippen LogP contribution >= 0.6 is 15.9 Å². The molecule has 1 aromatic carbocycles. The van der Waals surface area contributed by atoms with E-state index in [1.807, 2.05) is 4.90 Å². The second-order valence-corrected chi connectivity index (χ2v) is 5.73. The number of rotatable bonds is 3.